The smallest absolute Gasteiger partial charge is 0.243 e. The SMILES string of the molecule is Cn1ccnc1Sc1ccccc1NC(=O)CCc1ccc(S(=O)(=O)N2CCCCC2)cc1. The molecule has 1 N–H and O–H groups in total. The van der Waals surface area contributed by atoms with Crippen LogP contribution in [0.4, 0.5) is 5.69 Å². The van der Waals surface area contributed by atoms with Gasteiger partial charge in [0.15, 0.2) is 5.16 Å². The van der Waals surface area contributed by atoms with Gasteiger partial charge >= 0.3 is 0 Å². The van der Waals surface area contributed by atoms with Crippen LogP contribution in [0.1, 0.15) is 31.2 Å². The van der Waals surface area contributed by atoms with E-state index in [4.69, 9.17) is 0 Å². The number of hydrogen-bond acceptors (Lipinski definition) is 5. The predicted molar refractivity (Wildman–Crippen MR) is 130 cm³/mol. The lowest BCUT2D eigenvalue weighted by Gasteiger charge is -2.25. The number of anilines is 1. The highest BCUT2D eigenvalue weighted by Gasteiger charge is 2.25. The molecule has 174 valence electrons. The minimum absolute atomic E-state index is 0.0899. The first-order chi connectivity index (χ1) is 15.9. The van der Waals surface area contributed by atoms with Crippen molar-refractivity contribution < 1.29 is 13.2 Å². The molecule has 0 bridgehead atoms. The third kappa shape index (κ3) is 5.85. The van der Waals surface area contributed by atoms with Gasteiger partial charge in [-0.05, 0) is 60.9 Å². The van der Waals surface area contributed by atoms with Crippen molar-refractivity contribution in [1.29, 1.82) is 0 Å². The Hall–Kier alpha value is -2.62. The fraction of sp³-hybridized carbons (Fsp3) is 0.333. The molecule has 0 spiro atoms. The molecule has 7 nitrogen and oxygen atoms in total. The second kappa shape index (κ2) is 10.5. The fourth-order valence-electron chi connectivity index (χ4n) is 3.76. The quantitative estimate of drug-likeness (QED) is 0.515. The summed E-state index contributed by atoms with van der Waals surface area (Å²) >= 11 is 1.50. The van der Waals surface area contributed by atoms with Crippen LogP contribution in [-0.4, -0.2) is 41.3 Å². The van der Waals surface area contributed by atoms with Crippen LogP contribution in [0.15, 0.2) is 75.9 Å². The van der Waals surface area contributed by atoms with Crippen molar-refractivity contribution in [2.24, 2.45) is 7.05 Å². The molecule has 1 aliphatic rings. The molecular weight excluding hydrogens is 456 g/mol. The van der Waals surface area contributed by atoms with Crippen molar-refractivity contribution in [1.82, 2.24) is 13.9 Å². The topological polar surface area (TPSA) is 84.3 Å². The van der Waals surface area contributed by atoms with E-state index in [9.17, 15) is 13.2 Å². The molecule has 1 saturated heterocycles. The summed E-state index contributed by atoms with van der Waals surface area (Å²) in [5, 5.41) is 3.84. The van der Waals surface area contributed by atoms with Gasteiger partial charge in [-0.15, -0.1) is 0 Å². The molecule has 4 rings (SSSR count). The number of aromatic nitrogens is 2. The number of para-hydroxylation sites is 1. The minimum Gasteiger partial charge on any atom is -0.329 e. The predicted octanol–water partition coefficient (Wildman–Crippen LogP) is 4.32. The van der Waals surface area contributed by atoms with Crippen molar-refractivity contribution in [2.45, 2.75) is 47.1 Å². The number of carbonyl (C=O) groups excluding carboxylic acids is 1. The molecule has 33 heavy (non-hydrogen) atoms. The van der Waals surface area contributed by atoms with Crippen LogP contribution in [-0.2, 0) is 28.3 Å². The number of benzene rings is 2. The maximum atomic E-state index is 12.8. The van der Waals surface area contributed by atoms with Gasteiger partial charge in [0.05, 0.1) is 10.6 Å². The minimum atomic E-state index is -3.44. The summed E-state index contributed by atoms with van der Waals surface area (Å²) in [5.41, 5.74) is 1.68. The number of carbonyl (C=O) groups is 1. The molecule has 1 fully saturated rings. The molecular formula is C24H28N4O3S2. The highest BCUT2D eigenvalue weighted by molar-refractivity contribution is 7.99. The summed E-state index contributed by atoms with van der Waals surface area (Å²) in [4.78, 5) is 18.2. The number of nitrogens with one attached hydrogen (secondary N) is 1. The molecule has 0 atom stereocenters. The van der Waals surface area contributed by atoms with Gasteiger partial charge in [0.2, 0.25) is 15.9 Å². The molecule has 0 saturated carbocycles. The Bertz CT molecular complexity index is 1200. The van der Waals surface area contributed by atoms with Gasteiger partial charge in [-0.2, -0.15) is 4.31 Å². The van der Waals surface area contributed by atoms with Crippen molar-refractivity contribution in [3.05, 3.63) is 66.5 Å². The monoisotopic (exact) mass is 484 g/mol. The molecule has 0 unspecified atom stereocenters. The van der Waals surface area contributed by atoms with E-state index in [1.54, 1.807) is 34.8 Å². The van der Waals surface area contributed by atoms with Crippen LogP contribution in [0, 0.1) is 0 Å². The van der Waals surface area contributed by atoms with Crippen molar-refractivity contribution in [3.63, 3.8) is 0 Å². The zero-order chi connectivity index (χ0) is 23.3. The van der Waals surface area contributed by atoms with Crippen molar-refractivity contribution >= 4 is 33.4 Å². The molecule has 9 heteroatoms. The Morgan fingerprint density at radius 1 is 1.06 bits per heavy atom. The molecule has 0 radical (unpaired) electrons. The number of rotatable bonds is 8. The second-order valence-electron chi connectivity index (χ2n) is 8.08. The van der Waals surface area contributed by atoms with Crippen molar-refractivity contribution in [3.8, 4) is 0 Å². The van der Waals surface area contributed by atoms with E-state index in [0.717, 1.165) is 40.6 Å². The number of sulfonamides is 1. The van der Waals surface area contributed by atoms with E-state index in [-0.39, 0.29) is 5.91 Å². The standard InChI is InChI=1S/C24H28N4O3S2/c1-27-18-15-25-24(27)32-22-8-4-3-7-21(22)26-23(29)14-11-19-9-12-20(13-10-19)33(30,31)28-16-5-2-6-17-28/h3-4,7-10,12-13,15,18H,2,5-6,11,14,16-17H2,1H3,(H,26,29). The Morgan fingerprint density at radius 3 is 2.48 bits per heavy atom. The lowest BCUT2D eigenvalue weighted by Crippen LogP contribution is -2.35. The summed E-state index contributed by atoms with van der Waals surface area (Å²) in [7, 11) is -1.51. The van der Waals surface area contributed by atoms with Crippen LogP contribution in [0.5, 0.6) is 0 Å². The Labute approximate surface area is 199 Å². The van der Waals surface area contributed by atoms with Gasteiger partial charge < -0.3 is 9.88 Å². The van der Waals surface area contributed by atoms with Gasteiger partial charge in [-0.3, -0.25) is 4.79 Å². The molecule has 2 heterocycles. The second-order valence-corrected chi connectivity index (χ2v) is 11.0. The molecule has 1 amide bonds. The fourth-order valence-corrected chi connectivity index (χ4v) is 6.17. The molecule has 1 aliphatic heterocycles. The van der Waals surface area contributed by atoms with E-state index >= 15 is 0 Å². The summed E-state index contributed by atoms with van der Waals surface area (Å²) in [6.45, 7) is 1.17. The number of piperidine rings is 1. The molecule has 1 aromatic heterocycles. The highest BCUT2D eigenvalue weighted by Crippen LogP contribution is 2.32. The van der Waals surface area contributed by atoms with E-state index in [2.05, 4.69) is 10.3 Å². The van der Waals surface area contributed by atoms with Gasteiger partial charge in [-0.25, -0.2) is 13.4 Å². The summed E-state index contributed by atoms with van der Waals surface area (Å²) < 4.78 is 29.1. The largest absolute Gasteiger partial charge is 0.329 e. The van der Waals surface area contributed by atoms with Crippen LogP contribution >= 0.6 is 11.8 Å². The summed E-state index contributed by atoms with van der Waals surface area (Å²) in [6, 6.07) is 14.6. The van der Waals surface area contributed by atoms with E-state index in [1.165, 1.54) is 11.8 Å². The lowest BCUT2D eigenvalue weighted by molar-refractivity contribution is -0.116. The summed E-state index contributed by atoms with van der Waals surface area (Å²) in [5.74, 6) is -0.0899. The average molecular weight is 485 g/mol. The number of aryl methyl sites for hydroxylation is 2. The zero-order valence-electron chi connectivity index (χ0n) is 18.6. The molecule has 3 aromatic rings. The number of amides is 1. The Morgan fingerprint density at radius 2 is 1.79 bits per heavy atom. The van der Waals surface area contributed by atoms with Gasteiger partial charge in [0.25, 0.3) is 0 Å². The van der Waals surface area contributed by atoms with Crippen LogP contribution in [0.25, 0.3) is 0 Å². The first kappa shape index (κ1) is 23.5. The van der Waals surface area contributed by atoms with Crippen LogP contribution in [0.2, 0.25) is 0 Å². The third-order valence-corrected chi connectivity index (χ3v) is 8.72. The Kier molecular flexibility index (Phi) is 7.52. The summed E-state index contributed by atoms with van der Waals surface area (Å²) in [6.07, 6.45) is 7.37. The highest BCUT2D eigenvalue weighted by atomic mass is 32.2. The lowest BCUT2D eigenvalue weighted by atomic mass is 10.1. The van der Waals surface area contributed by atoms with Crippen LogP contribution in [0.3, 0.4) is 0 Å². The number of hydrogen-bond donors (Lipinski definition) is 1. The van der Waals surface area contributed by atoms with Crippen molar-refractivity contribution in [2.75, 3.05) is 18.4 Å². The van der Waals surface area contributed by atoms with Gasteiger partial charge in [0.1, 0.15) is 0 Å². The third-order valence-electron chi connectivity index (χ3n) is 5.66. The van der Waals surface area contributed by atoms with E-state index < -0.39 is 10.0 Å². The van der Waals surface area contributed by atoms with E-state index in [1.807, 2.05) is 42.1 Å². The van der Waals surface area contributed by atoms with Crippen LogP contribution < -0.4 is 5.32 Å². The van der Waals surface area contributed by atoms with E-state index in [0.29, 0.717) is 30.8 Å². The molecule has 0 aliphatic carbocycles. The van der Waals surface area contributed by atoms with Gasteiger partial charge in [-0.1, -0.05) is 30.7 Å². The first-order valence-electron chi connectivity index (χ1n) is 11.1. The zero-order valence-corrected chi connectivity index (χ0v) is 20.2. The first-order valence-corrected chi connectivity index (χ1v) is 13.3. The Balaban J connectivity index is 1.35. The van der Waals surface area contributed by atoms with Gasteiger partial charge in [0, 0.05) is 43.8 Å². The number of nitrogens with zero attached hydrogens (tertiary/aromatic N) is 3. The maximum Gasteiger partial charge on any atom is 0.243 e. The maximum absolute atomic E-state index is 12.8. The average Bonchev–Trinajstić information content (AvgIpc) is 3.24. The number of imidazole rings is 1. The molecule has 2 aromatic carbocycles. The normalized spacial score (nSPS) is 14.8.